The van der Waals surface area contributed by atoms with Crippen molar-refractivity contribution in [2.24, 2.45) is 4.99 Å². The first kappa shape index (κ1) is 20.2. The van der Waals surface area contributed by atoms with E-state index in [1.165, 1.54) is 0 Å². The largest absolute Gasteiger partial charge is 0.385 e. The molecule has 110 valence electrons. The molecule has 0 atom stereocenters. The first-order chi connectivity index (χ1) is 8.35. The predicted molar refractivity (Wildman–Crippen MR) is 87.0 cm³/mol. The van der Waals surface area contributed by atoms with Gasteiger partial charge in [-0.2, -0.15) is 0 Å². The monoisotopic (exact) mass is 373 g/mol. The minimum Gasteiger partial charge on any atom is -0.385 e. The highest BCUT2D eigenvalue weighted by molar-refractivity contribution is 14.0. The van der Waals surface area contributed by atoms with Gasteiger partial charge in [0.05, 0.1) is 6.61 Å². The molecule has 0 aromatic carbocycles. The van der Waals surface area contributed by atoms with Crippen LogP contribution in [0.1, 0.15) is 26.2 Å². The van der Waals surface area contributed by atoms with Crippen molar-refractivity contribution in [3.63, 3.8) is 0 Å². The zero-order chi connectivity index (χ0) is 12.8. The van der Waals surface area contributed by atoms with Gasteiger partial charge in [-0.05, 0) is 26.2 Å². The van der Waals surface area contributed by atoms with Crippen LogP contribution in [-0.2, 0) is 9.47 Å². The van der Waals surface area contributed by atoms with Gasteiger partial charge in [0.1, 0.15) is 0 Å². The van der Waals surface area contributed by atoms with Crippen molar-refractivity contribution in [2.45, 2.75) is 26.2 Å². The Morgan fingerprint density at radius 2 is 1.72 bits per heavy atom. The van der Waals surface area contributed by atoms with Gasteiger partial charge >= 0.3 is 0 Å². The van der Waals surface area contributed by atoms with Crippen LogP contribution in [0.25, 0.3) is 0 Å². The summed E-state index contributed by atoms with van der Waals surface area (Å²) in [5.74, 6) is 0.872. The lowest BCUT2D eigenvalue weighted by atomic mass is 10.2. The molecule has 0 radical (unpaired) electrons. The van der Waals surface area contributed by atoms with E-state index in [-0.39, 0.29) is 24.0 Å². The van der Waals surface area contributed by atoms with Crippen molar-refractivity contribution in [3.05, 3.63) is 0 Å². The zero-order valence-electron chi connectivity index (χ0n) is 11.8. The van der Waals surface area contributed by atoms with Gasteiger partial charge in [0.15, 0.2) is 5.96 Å². The van der Waals surface area contributed by atoms with E-state index in [0.717, 1.165) is 51.5 Å². The molecule has 0 aromatic rings. The quantitative estimate of drug-likeness (QED) is 0.265. The molecule has 0 aliphatic heterocycles. The lowest BCUT2D eigenvalue weighted by molar-refractivity contribution is 0.192. The lowest BCUT2D eigenvalue weighted by Crippen LogP contribution is -2.39. The first-order valence-corrected chi connectivity index (χ1v) is 6.35. The number of halogens is 1. The zero-order valence-corrected chi connectivity index (χ0v) is 14.2. The number of hydrogen-bond acceptors (Lipinski definition) is 3. The smallest absolute Gasteiger partial charge is 0.191 e. The molecular formula is C12H28IN3O2. The van der Waals surface area contributed by atoms with E-state index < -0.39 is 0 Å². The Hall–Kier alpha value is -0.0800. The van der Waals surface area contributed by atoms with Crippen LogP contribution in [-0.4, -0.2) is 53.0 Å². The Labute approximate surface area is 128 Å². The molecule has 5 nitrogen and oxygen atoms in total. The molecule has 6 heteroatoms. The van der Waals surface area contributed by atoms with Crippen molar-refractivity contribution in [3.8, 4) is 0 Å². The summed E-state index contributed by atoms with van der Waals surface area (Å²) in [5, 5.41) is 6.42. The predicted octanol–water partition coefficient (Wildman–Crippen LogP) is 1.62. The fourth-order valence-corrected chi connectivity index (χ4v) is 1.34. The number of hydrogen-bond donors (Lipinski definition) is 2. The van der Waals surface area contributed by atoms with Crippen LogP contribution in [0.2, 0.25) is 0 Å². The Morgan fingerprint density at radius 1 is 1.00 bits per heavy atom. The molecule has 0 amide bonds. The molecule has 0 heterocycles. The highest BCUT2D eigenvalue weighted by Gasteiger charge is 1.95. The average molecular weight is 373 g/mol. The lowest BCUT2D eigenvalue weighted by Gasteiger charge is -2.10. The fourth-order valence-electron chi connectivity index (χ4n) is 1.34. The number of guanidine groups is 1. The van der Waals surface area contributed by atoms with E-state index in [9.17, 15) is 0 Å². The number of rotatable bonds is 10. The van der Waals surface area contributed by atoms with Gasteiger partial charge in [0, 0.05) is 40.5 Å². The number of unbranched alkanes of at least 4 members (excludes halogenated alkanes) is 2. The number of nitrogens with one attached hydrogen (secondary N) is 2. The molecule has 0 saturated carbocycles. The Bertz CT molecular complexity index is 192. The van der Waals surface area contributed by atoms with Crippen LogP contribution in [0.5, 0.6) is 0 Å². The summed E-state index contributed by atoms with van der Waals surface area (Å²) in [7, 11) is 3.43. The maximum Gasteiger partial charge on any atom is 0.191 e. The van der Waals surface area contributed by atoms with Gasteiger partial charge in [-0.1, -0.05) is 0 Å². The van der Waals surface area contributed by atoms with Crippen LogP contribution < -0.4 is 10.6 Å². The second kappa shape index (κ2) is 16.9. The minimum atomic E-state index is 0. The molecule has 0 rings (SSSR count). The van der Waals surface area contributed by atoms with Crippen molar-refractivity contribution in [1.29, 1.82) is 0 Å². The molecular weight excluding hydrogens is 345 g/mol. The summed E-state index contributed by atoms with van der Waals surface area (Å²) in [4.78, 5) is 4.48. The topological polar surface area (TPSA) is 54.9 Å². The second-order valence-electron chi connectivity index (χ2n) is 3.73. The molecule has 0 bridgehead atoms. The standard InChI is InChI=1S/C12H27N3O2.HI/c1-4-13-12(15-9-11-17-3)14-8-6-5-7-10-16-2;/h4-11H2,1-3H3,(H2,13,14,15);1H. The Kier molecular flexibility index (Phi) is 19.0. The third kappa shape index (κ3) is 14.0. The molecule has 0 aromatic heterocycles. The van der Waals surface area contributed by atoms with Gasteiger partial charge < -0.3 is 20.1 Å². The number of aliphatic imine (C=N–C) groups is 1. The van der Waals surface area contributed by atoms with Crippen molar-refractivity contribution in [1.82, 2.24) is 10.6 Å². The van der Waals surface area contributed by atoms with Crippen LogP contribution >= 0.6 is 24.0 Å². The van der Waals surface area contributed by atoms with Crippen molar-refractivity contribution in [2.75, 3.05) is 47.1 Å². The molecule has 0 saturated heterocycles. The SMILES string of the molecule is CCNC(=NCCCCCOC)NCCOC.I. The minimum absolute atomic E-state index is 0. The molecule has 0 fully saturated rings. The summed E-state index contributed by atoms with van der Waals surface area (Å²) in [5.41, 5.74) is 0. The van der Waals surface area contributed by atoms with Crippen molar-refractivity contribution >= 4 is 29.9 Å². The van der Waals surface area contributed by atoms with E-state index in [1.54, 1.807) is 14.2 Å². The normalized spacial score (nSPS) is 10.9. The van der Waals surface area contributed by atoms with E-state index in [4.69, 9.17) is 9.47 Å². The third-order valence-corrected chi connectivity index (χ3v) is 2.22. The molecule has 0 spiro atoms. The van der Waals surface area contributed by atoms with Crippen molar-refractivity contribution < 1.29 is 9.47 Å². The summed E-state index contributed by atoms with van der Waals surface area (Å²) >= 11 is 0. The molecule has 0 aliphatic rings. The molecule has 18 heavy (non-hydrogen) atoms. The Morgan fingerprint density at radius 3 is 2.33 bits per heavy atom. The summed E-state index contributed by atoms with van der Waals surface area (Å²) in [6, 6.07) is 0. The van der Waals surface area contributed by atoms with Gasteiger partial charge in [0.25, 0.3) is 0 Å². The average Bonchev–Trinajstić information content (AvgIpc) is 2.34. The van der Waals surface area contributed by atoms with Gasteiger partial charge in [-0.3, -0.25) is 4.99 Å². The van der Waals surface area contributed by atoms with E-state index >= 15 is 0 Å². The molecule has 2 N–H and O–H groups in total. The van der Waals surface area contributed by atoms with Gasteiger partial charge in [-0.25, -0.2) is 0 Å². The highest BCUT2D eigenvalue weighted by Crippen LogP contribution is 1.95. The first-order valence-electron chi connectivity index (χ1n) is 6.35. The number of ether oxygens (including phenoxy) is 2. The summed E-state index contributed by atoms with van der Waals surface area (Å²) in [6.45, 7) is 6.11. The van der Waals surface area contributed by atoms with E-state index in [2.05, 4.69) is 22.5 Å². The summed E-state index contributed by atoms with van der Waals surface area (Å²) in [6.07, 6.45) is 3.37. The molecule has 0 aliphatic carbocycles. The second-order valence-corrected chi connectivity index (χ2v) is 3.73. The van der Waals surface area contributed by atoms with Crippen LogP contribution in [0.15, 0.2) is 4.99 Å². The van der Waals surface area contributed by atoms with Gasteiger partial charge in [0.2, 0.25) is 0 Å². The maximum atomic E-state index is 5.00. The van der Waals surface area contributed by atoms with Crippen LogP contribution in [0, 0.1) is 0 Å². The fraction of sp³-hybridized carbons (Fsp3) is 0.917. The van der Waals surface area contributed by atoms with Gasteiger partial charge in [-0.15, -0.1) is 24.0 Å². The summed E-state index contributed by atoms with van der Waals surface area (Å²) < 4.78 is 9.98. The van der Waals surface area contributed by atoms with E-state index in [0.29, 0.717) is 6.61 Å². The Balaban J connectivity index is 0. The maximum absolute atomic E-state index is 5.00. The van der Waals surface area contributed by atoms with E-state index in [1.807, 2.05) is 0 Å². The third-order valence-electron chi connectivity index (χ3n) is 2.22. The number of nitrogens with zero attached hydrogens (tertiary/aromatic N) is 1. The highest BCUT2D eigenvalue weighted by atomic mass is 127. The van der Waals surface area contributed by atoms with Crippen LogP contribution in [0.4, 0.5) is 0 Å². The number of methoxy groups -OCH3 is 2. The molecule has 0 unspecified atom stereocenters. The van der Waals surface area contributed by atoms with Crippen LogP contribution in [0.3, 0.4) is 0 Å².